The summed E-state index contributed by atoms with van der Waals surface area (Å²) in [5, 5.41) is 2.63. The fraction of sp³-hybridized carbons (Fsp3) is 0.256. The standard InChI is InChI=1S/C39H35BrF4N2O8/c1-5-52-36(50)38(37(51)53-6-2,24-12-8-7-9-13-24)22-54-32(47)20-23-18-29(35(49)46(3)4)33(30(40)19-23)45-34(48)28-15-11-10-14-26(28)27-17-16-25(21-31(27)41)39(42,43)44/h7-19,21H,5-6,20,22H2,1-4H3,(H,45,48). The van der Waals surface area contributed by atoms with Gasteiger partial charge in [0.2, 0.25) is 5.41 Å². The lowest BCUT2D eigenvalue weighted by atomic mass is 9.81. The highest BCUT2D eigenvalue weighted by molar-refractivity contribution is 9.10. The van der Waals surface area contributed by atoms with Crippen LogP contribution in [0.3, 0.4) is 0 Å². The largest absolute Gasteiger partial charge is 0.465 e. The second kappa shape index (κ2) is 17.5. The minimum Gasteiger partial charge on any atom is -0.465 e. The highest BCUT2D eigenvalue weighted by Crippen LogP contribution is 2.36. The topological polar surface area (TPSA) is 128 Å². The Morgan fingerprint density at radius 3 is 1.93 bits per heavy atom. The number of anilines is 1. The highest BCUT2D eigenvalue weighted by atomic mass is 79.9. The zero-order chi connectivity index (χ0) is 39.8. The number of nitrogens with one attached hydrogen (secondary N) is 1. The third-order valence-corrected chi connectivity index (χ3v) is 8.72. The number of hydrogen-bond acceptors (Lipinski definition) is 8. The first-order chi connectivity index (χ1) is 25.5. The molecule has 54 heavy (non-hydrogen) atoms. The Bertz CT molecular complexity index is 2040. The molecule has 0 aliphatic heterocycles. The van der Waals surface area contributed by atoms with Gasteiger partial charge in [-0.05, 0) is 76.8 Å². The van der Waals surface area contributed by atoms with E-state index in [2.05, 4.69) is 21.2 Å². The number of esters is 3. The summed E-state index contributed by atoms with van der Waals surface area (Å²) in [6.45, 7) is 2.21. The zero-order valence-corrected chi connectivity index (χ0v) is 31.1. The Hall–Kier alpha value is -5.57. The molecule has 0 radical (unpaired) electrons. The summed E-state index contributed by atoms with van der Waals surface area (Å²) >= 11 is 3.36. The van der Waals surface area contributed by atoms with Crippen LogP contribution in [0.1, 0.15) is 51.3 Å². The number of ether oxygens (including phenoxy) is 3. The number of carbonyl (C=O) groups is 5. The van der Waals surface area contributed by atoms with Gasteiger partial charge in [0, 0.05) is 29.7 Å². The number of hydrogen-bond donors (Lipinski definition) is 1. The van der Waals surface area contributed by atoms with Crippen LogP contribution in [0, 0.1) is 5.82 Å². The molecule has 0 heterocycles. The fourth-order valence-electron chi connectivity index (χ4n) is 5.47. The summed E-state index contributed by atoms with van der Waals surface area (Å²) in [4.78, 5) is 68.3. The summed E-state index contributed by atoms with van der Waals surface area (Å²) in [6.07, 6.45) is -5.23. The smallest absolute Gasteiger partial charge is 0.416 e. The van der Waals surface area contributed by atoms with Crippen molar-refractivity contribution in [2.45, 2.75) is 31.9 Å². The van der Waals surface area contributed by atoms with Crippen molar-refractivity contribution in [1.29, 1.82) is 0 Å². The number of rotatable bonds is 13. The van der Waals surface area contributed by atoms with E-state index in [1.54, 1.807) is 32.0 Å². The lowest BCUT2D eigenvalue weighted by Gasteiger charge is -2.29. The van der Waals surface area contributed by atoms with Crippen molar-refractivity contribution in [1.82, 2.24) is 4.90 Å². The third-order valence-electron chi connectivity index (χ3n) is 8.10. The van der Waals surface area contributed by atoms with Crippen molar-refractivity contribution in [3.05, 3.63) is 123 Å². The maximum absolute atomic E-state index is 15.0. The Kier molecular flexibility index (Phi) is 13.4. The maximum atomic E-state index is 15.0. The molecule has 2 amide bonds. The van der Waals surface area contributed by atoms with Gasteiger partial charge in [-0.15, -0.1) is 0 Å². The van der Waals surface area contributed by atoms with Crippen LogP contribution in [-0.4, -0.2) is 68.5 Å². The van der Waals surface area contributed by atoms with Gasteiger partial charge >= 0.3 is 24.1 Å². The summed E-state index contributed by atoms with van der Waals surface area (Å²) in [5.74, 6) is -5.45. The van der Waals surface area contributed by atoms with E-state index in [1.165, 1.54) is 67.5 Å². The van der Waals surface area contributed by atoms with Crippen LogP contribution in [0.15, 0.2) is 89.4 Å². The van der Waals surface area contributed by atoms with Crippen LogP contribution in [0.25, 0.3) is 11.1 Å². The molecule has 4 rings (SSSR count). The molecule has 15 heteroatoms. The number of benzene rings is 4. The van der Waals surface area contributed by atoms with Crippen molar-refractivity contribution in [3.63, 3.8) is 0 Å². The minimum absolute atomic E-state index is 0.00517. The quantitative estimate of drug-likeness (QED) is 0.0642. The van der Waals surface area contributed by atoms with Crippen LogP contribution in [0.2, 0.25) is 0 Å². The van der Waals surface area contributed by atoms with Crippen molar-refractivity contribution in [3.8, 4) is 11.1 Å². The number of alkyl halides is 3. The van der Waals surface area contributed by atoms with Gasteiger partial charge in [0.1, 0.15) is 12.4 Å². The second-order valence-corrected chi connectivity index (χ2v) is 12.8. The number of halogens is 5. The first-order valence-corrected chi connectivity index (χ1v) is 17.2. The van der Waals surface area contributed by atoms with Crippen molar-refractivity contribution in [2.24, 2.45) is 0 Å². The lowest BCUT2D eigenvalue weighted by Crippen LogP contribution is -2.50. The Balaban J connectivity index is 1.65. The molecule has 10 nitrogen and oxygen atoms in total. The van der Waals surface area contributed by atoms with Crippen LogP contribution in [-0.2, 0) is 46.6 Å². The van der Waals surface area contributed by atoms with Crippen LogP contribution in [0.4, 0.5) is 23.2 Å². The van der Waals surface area contributed by atoms with Crippen molar-refractivity contribution < 1.29 is 55.7 Å². The van der Waals surface area contributed by atoms with E-state index in [0.29, 0.717) is 12.1 Å². The first-order valence-electron chi connectivity index (χ1n) is 16.4. The minimum atomic E-state index is -4.78. The van der Waals surface area contributed by atoms with Crippen LogP contribution < -0.4 is 5.32 Å². The second-order valence-electron chi connectivity index (χ2n) is 11.9. The zero-order valence-electron chi connectivity index (χ0n) is 29.5. The summed E-state index contributed by atoms with van der Waals surface area (Å²) < 4.78 is 70.6. The van der Waals surface area contributed by atoms with E-state index in [1.807, 2.05) is 0 Å². The predicted molar refractivity (Wildman–Crippen MR) is 193 cm³/mol. The molecule has 0 atom stereocenters. The fourth-order valence-corrected chi connectivity index (χ4v) is 6.07. The molecule has 0 aliphatic carbocycles. The van der Waals surface area contributed by atoms with E-state index in [-0.39, 0.29) is 56.8 Å². The summed E-state index contributed by atoms with van der Waals surface area (Å²) in [5.41, 5.74) is -3.38. The highest BCUT2D eigenvalue weighted by Gasteiger charge is 2.52. The SMILES string of the molecule is CCOC(=O)C(COC(=O)Cc1cc(Br)c(NC(=O)c2ccccc2-c2ccc(C(F)(F)F)cc2F)c(C(=O)N(C)C)c1)(C(=O)OCC)c1ccccc1. The summed E-state index contributed by atoms with van der Waals surface area (Å²) in [7, 11) is 2.92. The van der Waals surface area contributed by atoms with Crippen molar-refractivity contribution >= 4 is 51.3 Å². The van der Waals surface area contributed by atoms with E-state index in [9.17, 15) is 41.5 Å². The molecule has 0 fully saturated rings. The van der Waals surface area contributed by atoms with Crippen LogP contribution >= 0.6 is 15.9 Å². The molecule has 0 spiro atoms. The van der Waals surface area contributed by atoms with Gasteiger partial charge in [0.25, 0.3) is 11.8 Å². The van der Waals surface area contributed by atoms with Crippen molar-refractivity contribution in [2.75, 3.05) is 39.2 Å². The Morgan fingerprint density at radius 2 is 1.35 bits per heavy atom. The molecule has 1 N–H and O–H groups in total. The van der Waals surface area contributed by atoms with Gasteiger partial charge in [0.05, 0.1) is 36.4 Å². The molecule has 4 aromatic carbocycles. The normalized spacial score (nSPS) is 11.4. The average Bonchev–Trinajstić information content (AvgIpc) is 3.12. The number of amides is 2. The van der Waals surface area contributed by atoms with Crippen LogP contribution in [0.5, 0.6) is 0 Å². The van der Waals surface area contributed by atoms with E-state index in [0.717, 1.165) is 6.07 Å². The first kappa shape index (κ1) is 41.2. The van der Waals surface area contributed by atoms with Gasteiger partial charge in [-0.1, -0.05) is 54.6 Å². The molecule has 0 unspecified atom stereocenters. The van der Waals surface area contributed by atoms with Gasteiger partial charge in [-0.3, -0.25) is 24.0 Å². The molecular formula is C39H35BrF4N2O8. The Morgan fingerprint density at radius 1 is 0.741 bits per heavy atom. The molecule has 0 saturated heterocycles. The molecular weight excluding hydrogens is 780 g/mol. The molecule has 0 saturated carbocycles. The van der Waals surface area contributed by atoms with Gasteiger partial charge in [-0.2, -0.15) is 13.2 Å². The summed E-state index contributed by atoms with van der Waals surface area (Å²) in [6, 6.07) is 18.3. The molecule has 4 aromatic rings. The van der Waals surface area contributed by atoms with E-state index >= 15 is 0 Å². The van der Waals surface area contributed by atoms with E-state index < -0.39 is 65.7 Å². The van der Waals surface area contributed by atoms with Gasteiger partial charge in [0.15, 0.2) is 0 Å². The third kappa shape index (κ3) is 9.13. The Labute approximate surface area is 316 Å². The number of nitrogens with zero attached hydrogens (tertiary/aromatic N) is 1. The van der Waals surface area contributed by atoms with E-state index in [4.69, 9.17) is 14.2 Å². The lowest BCUT2D eigenvalue weighted by molar-refractivity contribution is -0.170. The molecule has 0 bridgehead atoms. The molecule has 0 aromatic heterocycles. The monoisotopic (exact) mass is 814 g/mol. The predicted octanol–water partition coefficient (Wildman–Crippen LogP) is 7.38. The van der Waals surface area contributed by atoms with Gasteiger partial charge in [-0.25, -0.2) is 4.39 Å². The van der Waals surface area contributed by atoms with Gasteiger partial charge < -0.3 is 24.4 Å². The maximum Gasteiger partial charge on any atom is 0.416 e. The number of carbonyl (C=O) groups excluding carboxylic acids is 5. The molecule has 284 valence electrons. The molecule has 0 aliphatic rings. The average molecular weight is 816 g/mol.